The summed E-state index contributed by atoms with van der Waals surface area (Å²) < 4.78 is 45.6. The maximum Gasteiger partial charge on any atom is 0.338 e. The summed E-state index contributed by atoms with van der Waals surface area (Å²) in [7, 11) is 0. The van der Waals surface area contributed by atoms with Crippen LogP contribution < -0.4 is 0 Å². The molecule has 0 radical (unpaired) electrons. The predicted molar refractivity (Wildman–Crippen MR) is 183 cm³/mol. The first-order chi connectivity index (χ1) is 24.9. The van der Waals surface area contributed by atoms with Gasteiger partial charge in [0, 0.05) is 38.2 Å². The van der Waals surface area contributed by atoms with Crippen LogP contribution in [0.15, 0.2) is 72.8 Å². The number of rotatable bonds is 7. The molecule has 13 heteroatoms. The van der Waals surface area contributed by atoms with E-state index in [9.17, 15) is 29.4 Å². The zero-order valence-corrected chi connectivity index (χ0v) is 30.8. The number of ether oxygens (including phenoxy) is 7. The van der Waals surface area contributed by atoms with Gasteiger partial charge in [0.15, 0.2) is 17.3 Å². The van der Waals surface area contributed by atoms with Gasteiger partial charge in [0.25, 0.3) is 0 Å². The maximum absolute atomic E-state index is 14.1. The third-order valence-corrected chi connectivity index (χ3v) is 12.3. The van der Waals surface area contributed by atoms with E-state index in [4.69, 9.17) is 33.2 Å². The molecule has 2 aromatic rings. The van der Waals surface area contributed by atoms with Gasteiger partial charge in [-0.1, -0.05) is 69.0 Å². The zero-order chi connectivity index (χ0) is 38.5. The van der Waals surface area contributed by atoms with Crippen LogP contribution in [0.3, 0.4) is 0 Å². The highest BCUT2D eigenvalue weighted by Crippen LogP contribution is 2.72. The van der Waals surface area contributed by atoms with Crippen molar-refractivity contribution in [2.24, 2.45) is 23.7 Å². The smallest absolute Gasteiger partial charge is 0.338 e. The molecule has 0 aromatic heterocycles. The summed E-state index contributed by atoms with van der Waals surface area (Å²) in [5, 5.41) is 26.0. The number of aliphatic hydroxyl groups excluding tert-OH is 1. The van der Waals surface area contributed by atoms with Gasteiger partial charge in [-0.2, -0.15) is 0 Å². The van der Waals surface area contributed by atoms with E-state index >= 15 is 0 Å². The monoisotopic (exact) mass is 734 g/mol. The van der Waals surface area contributed by atoms with Crippen LogP contribution in [0.1, 0.15) is 70.8 Å². The number of hydrogen-bond acceptors (Lipinski definition) is 13. The molecule has 14 atom stereocenters. The Labute approximate surface area is 307 Å². The van der Waals surface area contributed by atoms with Gasteiger partial charge in [0.05, 0.1) is 17.1 Å². The summed E-state index contributed by atoms with van der Waals surface area (Å²) in [6.45, 7) is 14.3. The zero-order valence-electron chi connectivity index (χ0n) is 30.8. The van der Waals surface area contributed by atoms with Crippen LogP contribution in [-0.4, -0.2) is 87.0 Å². The van der Waals surface area contributed by atoms with Crippen molar-refractivity contribution in [1.29, 1.82) is 0 Å². The maximum atomic E-state index is 14.1. The van der Waals surface area contributed by atoms with Crippen LogP contribution in [0.2, 0.25) is 0 Å². The normalized spacial score (nSPS) is 43.5. The summed E-state index contributed by atoms with van der Waals surface area (Å²) in [4.78, 5) is 53.7. The Bertz CT molecular complexity index is 1830. The van der Waals surface area contributed by atoms with E-state index in [0.717, 1.165) is 13.8 Å². The van der Waals surface area contributed by atoms with Gasteiger partial charge in [-0.25, -0.2) is 4.79 Å². The summed E-state index contributed by atoms with van der Waals surface area (Å²) in [5.41, 5.74) is -7.27. The van der Waals surface area contributed by atoms with Crippen LogP contribution in [0.4, 0.5) is 0 Å². The van der Waals surface area contributed by atoms with E-state index in [1.165, 1.54) is 26.0 Å². The van der Waals surface area contributed by atoms with Crippen molar-refractivity contribution < 1.29 is 62.5 Å². The number of fused-ring (bicyclic) bond motifs is 1. The molecule has 1 spiro atoms. The molecule has 6 fully saturated rings. The predicted octanol–water partition coefficient (Wildman–Crippen LogP) is 3.73. The third kappa shape index (κ3) is 5.00. The van der Waals surface area contributed by atoms with Gasteiger partial charge in [0.1, 0.15) is 30.0 Å². The molecule has 3 aliphatic carbocycles. The van der Waals surface area contributed by atoms with E-state index in [0.29, 0.717) is 5.56 Å². The summed E-state index contributed by atoms with van der Waals surface area (Å²) in [5.74, 6) is -8.96. The number of benzene rings is 2. The second kappa shape index (κ2) is 12.5. The van der Waals surface area contributed by atoms with Crippen molar-refractivity contribution in [3.05, 3.63) is 83.9 Å². The van der Waals surface area contributed by atoms with Crippen LogP contribution in [0.25, 0.3) is 0 Å². The average Bonchev–Trinajstić information content (AvgIpc) is 3.36. The van der Waals surface area contributed by atoms with Crippen molar-refractivity contribution in [3.8, 4) is 0 Å². The van der Waals surface area contributed by atoms with Gasteiger partial charge in [-0.3, -0.25) is 14.4 Å². The minimum Gasteiger partial charge on any atom is -0.458 e. The Hall–Kier alpha value is -4.14. The third-order valence-electron chi connectivity index (χ3n) is 12.3. The SMILES string of the molecule is C=C(C)[C@@]1(O)[C@@H]2OC3(c4ccccc4)O[C@@H]1[C@@H](C)[C@@]1(O3)C2[C@H](OC(C)=O)[C@@](C)(OC(=O)c2ccccc2)[C@@H](O)[C@]2(OC(C)=O)[C@@H](OC(C)=O)[C@@H](C)C[C@@H]12. The molecule has 13 nitrogen and oxygen atoms in total. The first kappa shape index (κ1) is 37.2. The van der Waals surface area contributed by atoms with Crippen molar-refractivity contribution in [2.45, 2.75) is 114 Å². The molecule has 2 aromatic carbocycles. The summed E-state index contributed by atoms with van der Waals surface area (Å²) in [6.07, 6.45) is -7.27. The van der Waals surface area contributed by atoms with E-state index in [1.807, 2.05) is 0 Å². The first-order valence-corrected chi connectivity index (χ1v) is 17.9. The number of carbonyl (C=O) groups is 4. The lowest BCUT2D eigenvalue weighted by Crippen LogP contribution is -2.86. The first-order valence-electron chi connectivity index (χ1n) is 17.9. The number of aliphatic hydroxyl groups is 2. The molecular formula is C40H46O13. The van der Waals surface area contributed by atoms with Crippen molar-refractivity contribution in [2.75, 3.05) is 0 Å². The van der Waals surface area contributed by atoms with E-state index < -0.39 is 106 Å². The molecule has 284 valence electrons. The van der Waals surface area contributed by atoms with Crippen LogP contribution in [0.5, 0.6) is 0 Å². The fourth-order valence-corrected chi connectivity index (χ4v) is 10.4. The van der Waals surface area contributed by atoms with Gasteiger partial charge < -0.3 is 43.4 Å². The molecule has 2 unspecified atom stereocenters. The second-order valence-electron chi connectivity index (χ2n) is 15.5. The molecule has 3 aliphatic heterocycles. The van der Waals surface area contributed by atoms with Gasteiger partial charge in [-0.05, 0) is 43.9 Å². The molecule has 0 amide bonds. The standard InChI is InChI=1S/C40H46O13/c1-20(2)37(46)31-22(4)38-28-19-21(3)30(47-23(5)41)39(28,49-25(7)43)35(45)36(8,52-34(44)26-15-11-9-12-16-26)32(48-24(6)42)29(38)33(37)51-40(50-31,53-38)27-17-13-10-14-18-27/h9-18,21-22,28-33,35,45-46H,1,19H2,2-8H3/t21-,22+,28-,29?,30-,31+,32-,33+,35+,36+,37-,38-,39+,40?/m0/s1. The summed E-state index contributed by atoms with van der Waals surface area (Å²) >= 11 is 0. The fraction of sp³-hybridized carbons (Fsp3) is 0.550. The minimum atomic E-state index is -2.29. The highest BCUT2D eigenvalue weighted by molar-refractivity contribution is 5.89. The Morgan fingerprint density at radius 2 is 1.38 bits per heavy atom. The summed E-state index contributed by atoms with van der Waals surface area (Å²) in [6, 6.07) is 16.8. The number of esters is 4. The van der Waals surface area contributed by atoms with E-state index in [-0.39, 0.29) is 17.6 Å². The molecule has 3 heterocycles. The Morgan fingerprint density at radius 1 is 0.811 bits per heavy atom. The highest BCUT2D eigenvalue weighted by Gasteiger charge is 2.88. The van der Waals surface area contributed by atoms with Crippen LogP contribution >= 0.6 is 0 Å². The van der Waals surface area contributed by atoms with E-state index in [1.54, 1.807) is 69.3 Å². The topological polar surface area (TPSA) is 173 Å². The fourth-order valence-electron chi connectivity index (χ4n) is 10.4. The van der Waals surface area contributed by atoms with Crippen molar-refractivity contribution in [3.63, 3.8) is 0 Å². The number of carbonyl (C=O) groups excluding carboxylic acids is 4. The quantitative estimate of drug-likeness (QED) is 0.240. The minimum absolute atomic E-state index is 0.108. The van der Waals surface area contributed by atoms with E-state index in [2.05, 4.69) is 6.58 Å². The van der Waals surface area contributed by atoms with Crippen molar-refractivity contribution in [1.82, 2.24) is 0 Å². The molecule has 53 heavy (non-hydrogen) atoms. The lowest BCUT2D eigenvalue weighted by atomic mass is 9.51. The molecule has 3 saturated carbocycles. The van der Waals surface area contributed by atoms with Crippen LogP contribution in [0, 0.1) is 23.7 Å². The number of hydrogen-bond donors (Lipinski definition) is 2. The average molecular weight is 735 g/mol. The largest absolute Gasteiger partial charge is 0.458 e. The Morgan fingerprint density at radius 3 is 1.94 bits per heavy atom. The molecule has 6 aliphatic rings. The lowest BCUT2D eigenvalue weighted by Gasteiger charge is -2.73. The van der Waals surface area contributed by atoms with Crippen LogP contribution in [-0.2, 0) is 53.5 Å². The molecule has 3 saturated heterocycles. The van der Waals surface area contributed by atoms with Gasteiger partial charge >= 0.3 is 29.9 Å². The van der Waals surface area contributed by atoms with Gasteiger partial charge in [-0.15, -0.1) is 0 Å². The Kier molecular flexibility index (Phi) is 8.74. The molecule has 8 rings (SSSR count). The van der Waals surface area contributed by atoms with Gasteiger partial charge in [0.2, 0.25) is 0 Å². The second-order valence-corrected chi connectivity index (χ2v) is 15.5. The molecule has 2 N–H and O–H groups in total. The molecular weight excluding hydrogens is 688 g/mol. The van der Waals surface area contributed by atoms with Crippen molar-refractivity contribution >= 4 is 23.9 Å². The highest BCUT2D eigenvalue weighted by atomic mass is 16.9. The Balaban J connectivity index is 1.59. The lowest BCUT2D eigenvalue weighted by molar-refractivity contribution is -0.586. The molecule has 4 bridgehead atoms.